The van der Waals surface area contributed by atoms with Gasteiger partial charge in [0.1, 0.15) is 85.5 Å². The van der Waals surface area contributed by atoms with Gasteiger partial charge in [0.15, 0.2) is 31.5 Å². The van der Waals surface area contributed by atoms with Crippen LogP contribution in [-0.2, 0) is 56.8 Å². The highest BCUT2D eigenvalue weighted by atomic mass is 33.1. The maximum atomic E-state index is 11.8. The lowest BCUT2D eigenvalue weighted by molar-refractivity contribution is -0.309. The van der Waals surface area contributed by atoms with Crippen molar-refractivity contribution in [2.45, 2.75) is 221 Å². The Bertz CT molecular complexity index is 1970. The number of nitrogens with two attached hydrogens (primary N) is 11. The molecule has 0 radical (unpaired) electrons. The minimum Gasteiger partial charge on any atom is -0.390 e. The summed E-state index contributed by atoms with van der Waals surface area (Å²) >= 11 is 2.87. The van der Waals surface area contributed by atoms with E-state index in [0.29, 0.717) is 49.4 Å². The zero-order valence-corrected chi connectivity index (χ0v) is 51.0. The van der Waals surface area contributed by atoms with Gasteiger partial charge in [-0.05, 0) is 19.3 Å². The molecule has 0 spiro atoms. The van der Waals surface area contributed by atoms with Crippen molar-refractivity contribution in [1.82, 2.24) is 0 Å². The van der Waals surface area contributed by atoms with Gasteiger partial charge in [-0.3, -0.25) is 0 Å². The molecular weight excluding hydrogens is 1220 g/mol. The van der Waals surface area contributed by atoms with Crippen molar-refractivity contribution < 1.29 is 108 Å². The number of thioether (sulfide) groups is 2. The fourth-order valence-electron chi connectivity index (χ4n) is 11.3. The van der Waals surface area contributed by atoms with E-state index in [2.05, 4.69) is 0 Å². The van der Waals surface area contributed by atoms with E-state index in [4.69, 9.17) is 120 Å². The fraction of sp³-hybridized carbons (Fsp3) is 1.00. The van der Waals surface area contributed by atoms with Crippen LogP contribution in [0.4, 0.5) is 0 Å². The smallest absolute Gasteiger partial charge is 0.187 e. The van der Waals surface area contributed by atoms with E-state index >= 15 is 0 Å². The molecule has 7 rings (SSSR count). The van der Waals surface area contributed by atoms with Crippen LogP contribution in [0.1, 0.15) is 19.3 Å². The van der Waals surface area contributed by atoms with Gasteiger partial charge in [-0.25, -0.2) is 0 Å². The average molecular weight is 1320 g/mol. The van der Waals surface area contributed by atoms with Gasteiger partial charge in [0.2, 0.25) is 0 Å². The topological polar surface area (TPSA) is 599 Å². The standard InChI is InChI=1S/C49H97N11O22S4/c50-12-23-22(61)11-21(57)45(73-23)78-40-18(54)10-19(55)41(38(40)69)79-48-37(68)28(58)32(63)26(76-48)15-83-5-1-71-3-7-85-86-8-4-72-2-6-84-16-27-43(81-47-30(60)36(67)34(65)25(14-52)75-47)39(70)49(77-27)82-44-31(62)17(53)9-20(56)42(44)80-46-29(59)35(66)33(64)24(13-51)74-46/h17-49,61-70H,1-16,50-60H2/t17-,18+,19?,20?,21?,22+,23?,24?,25+,26?,27-,28?,29?,30-,31?,32-,33-,34?,35?,36?,37?,38?,39+,40?,41+,42-,43+,44?,45-,46-,47?,48-,49+/m1/s1. The Labute approximate surface area is 515 Å². The summed E-state index contributed by atoms with van der Waals surface area (Å²) in [5.74, 6) is 2.97. The summed E-state index contributed by atoms with van der Waals surface area (Å²) in [4.78, 5) is 0. The van der Waals surface area contributed by atoms with E-state index in [1.54, 1.807) is 21.6 Å². The second-order valence-electron chi connectivity index (χ2n) is 22.7. The van der Waals surface area contributed by atoms with Crippen LogP contribution >= 0.6 is 45.1 Å². The van der Waals surface area contributed by atoms with Gasteiger partial charge < -0.3 is 171 Å². The Morgan fingerprint density at radius 3 is 1.29 bits per heavy atom. The monoisotopic (exact) mass is 1320 g/mol. The summed E-state index contributed by atoms with van der Waals surface area (Å²) in [6.45, 7) is 1.38. The van der Waals surface area contributed by atoms with Crippen LogP contribution in [0.15, 0.2) is 0 Å². The van der Waals surface area contributed by atoms with Crippen molar-refractivity contribution in [3.05, 3.63) is 0 Å². The van der Waals surface area contributed by atoms with E-state index in [-0.39, 0.29) is 50.4 Å². The van der Waals surface area contributed by atoms with Crippen LogP contribution in [0, 0.1) is 0 Å². The van der Waals surface area contributed by atoms with E-state index in [0.717, 1.165) is 0 Å². The summed E-state index contributed by atoms with van der Waals surface area (Å²) in [7, 11) is 3.24. The predicted molar refractivity (Wildman–Crippen MR) is 314 cm³/mol. The molecular formula is C49H97N11O22S4. The molecule has 0 amide bonds. The van der Waals surface area contributed by atoms with Crippen LogP contribution in [-0.4, -0.2) is 334 Å². The summed E-state index contributed by atoms with van der Waals surface area (Å²) in [5, 5.41) is 109. The summed E-state index contributed by atoms with van der Waals surface area (Å²) in [5.41, 5.74) is 67.7. The molecule has 5 heterocycles. The van der Waals surface area contributed by atoms with Crippen LogP contribution in [0.3, 0.4) is 0 Å². The average Bonchev–Trinajstić information content (AvgIpc) is 2.28. The van der Waals surface area contributed by atoms with Crippen molar-refractivity contribution in [3.8, 4) is 0 Å². The third-order valence-corrected chi connectivity index (χ3v) is 20.8. The SMILES string of the molecule is NCC1O[C@H](O[C@@H]2C(N)C[C@@H](N)C(O)C2O[C@@H]2O[C@H](CSCCOCCSSCCOCCSCC3O[C@H](O[C@H]4C(N)C[C@H](N)C(O[C@H]5OC(CN)[C@@H](O)CC5N)C4O)C(O)C(N)[C@@H]3O)[C@H](OC3O[C@@H](CN)C(O)C(O)[C@H]3N)[C@@H]2O)C(N)C(O)[C@@H]1O. The first kappa shape index (κ1) is 73.5. The van der Waals surface area contributed by atoms with Crippen molar-refractivity contribution in [1.29, 1.82) is 0 Å². The number of hydrogen-bond acceptors (Lipinski definition) is 37. The summed E-state index contributed by atoms with van der Waals surface area (Å²) in [6, 6.07) is -7.67. The number of ether oxygens (including phenoxy) is 12. The Morgan fingerprint density at radius 2 is 0.744 bits per heavy atom. The maximum Gasteiger partial charge on any atom is 0.187 e. The van der Waals surface area contributed by atoms with Gasteiger partial charge in [-0.1, -0.05) is 21.6 Å². The number of hydrogen-bond donors (Lipinski definition) is 21. The van der Waals surface area contributed by atoms with E-state index in [1.807, 2.05) is 0 Å². The Kier molecular flexibility index (Phi) is 29.9. The van der Waals surface area contributed by atoms with Crippen molar-refractivity contribution >= 4 is 45.1 Å². The highest BCUT2D eigenvalue weighted by Gasteiger charge is 2.56. The van der Waals surface area contributed by atoms with Crippen LogP contribution in [0.25, 0.3) is 0 Å². The maximum absolute atomic E-state index is 11.8. The number of rotatable bonds is 30. The zero-order valence-electron chi connectivity index (χ0n) is 47.7. The summed E-state index contributed by atoms with van der Waals surface area (Å²) < 4.78 is 72.2. The molecule has 17 unspecified atom stereocenters. The highest BCUT2D eigenvalue weighted by molar-refractivity contribution is 8.76. The lowest BCUT2D eigenvalue weighted by Crippen LogP contribution is -2.68. The van der Waals surface area contributed by atoms with Gasteiger partial charge in [0.25, 0.3) is 0 Å². The largest absolute Gasteiger partial charge is 0.390 e. The Morgan fingerprint density at radius 1 is 0.326 bits per heavy atom. The third kappa shape index (κ3) is 18.5. The molecule has 32 N–H and O–H groups in total. The minimum atomic E-state index is -1.57. The highest BCUT2D eigenvalue weighted by Crippen LogP contribution is 2.37. The molecule has 0 bridgehead atoms. The molecule has 5 saturated heterocycles. The molecule has 7 aliphatic rings. The van der Waals surface area contributed by atoms with Crippen LogP contribution in [0.2, 0.25) is 0 Å². The van der Waals surface area contributed by atoms with Crippen LogP contribution in [0.5, 0.6) is 0 Å². The molecule has 0 aromatic rings. The Hall–Kier alpha value is 0.0800. The molecule has 2 saturated carbocycles. The van der Waals surface area contributed by atoms with Crippen molar-refractivity contribution in [2.75, 3.05) is 80.6 Å². The number of aliphatic hydroxyl groups is 10. The lowest BCUT2D eigenvalue weighted by atomic mass is 9.84. The van der Waals surface area contributed by atoms with Gasteiger partial charge >= 0.3 is 0 Å². The van der Waals surface area contributed by atoms with Gasteiger partial charge in [-0.15, -0.1) is 0 Å². The van der Waals surface area contributed by atoms with Crippen molar-refractivity contribution in [3.63, 3.8) is 0 Å². The first-order valence-electron chi connectivity index (χ1n) is 29.1. The number of aliphatic hydroxyl groups excluding tert-OH is 10. The molecule has 0 aromatic carbocycles. The quantitative estimate of drug-likeness (QED) is 0.0235. The minimum absolute atomic E-state index is 0.0224. The molecule has 5 aliphatic heterocycles. The van der Waals surface area contributed by atoms with Gasteiger partial charge in [0.05, 0.1) is 87.2 Å². The van der Waals surface area contributed by atoms with E-state index < -0.39 is 202 Å². The first-order valence-corrected chi connectivity index (χ1v) is 33.9. The molecule has 37 heteroatoms. The fourth-order valence-corrected chi connectivity index (χ4v) is 14.8. The van der Waals surface area contributed by atoms with Gasteiger partial charge in [-0.2, -0.15) is 23.5 Å². The van der Waals surface area contributed by atoms with Crippen molar-refractivity contribution in [2.24, 2.45) is 63.1 Å². The molecule has 86 heavy (non-hydrogen) atoms. The summed E-state index contributed by atoms with van der Waals surface area (Å²) in [6.07, 6.45) is -30.3. The van der Waals surface area contributed by atoms with Crippen LogP contribution < -0.4 is 63.1 Å². The third-order valence-electron chi connectivity index (χ3n) is 16.4. The molecule has 2 aliphatic carbocycles. The second kappa shape index (κ2) is 35.0. The zero-order chi connectivity index (χ0) is 62.7. The second-order valence-corrected chi connectivity index (χ2v) is 27.7. The molecule has 504 valence electrons. The first-order chi connectivity index (χ1) is 41.0. The molecule has 33 atom stereocenters. The lowest BCUT2D eigenvalue weighted by Gasteiger charge is -2.48. The van der Waals surface area contributed by atoms with E-state index in [1.165, 1.54) is 23.5 Å². The predicted octanol–water partition coefficient (Wildman–Crippen LogP) is -11.3. The van der Waals surface area contributed by atoms with E-state index in [9.17, 15) is 51.1 Å². The molecule has 7 fully saturated rings. The molecule has 0 aromatic heterocycles. The normalized spacial score (nSPS) is 47.8. The molecule has 33 nitrogen and oxygen atoms in total. The Balaban J connectivity index is 0.794. The van der Waals surface area contributed by atoms with Gasteiger partial charge in [0, 0.05) is 78.3 Å².